The largest absolute Gasteiger partial charge is 0.459 e. The predicted octanol–water partition coefficient (Wildman–Crippen LogP) is -0.161. The second kappa shape index (κ2) is 13.1. The number of carbonyl (C=O) groups excluding carboxylic acids is 6. The van der Waals surface area contributed by atoms with Gasteiger partial charge in [-0.25, -0.2) is 14.4 Å². The summed E-state index contributed by atoms with van der Waals surface area (Å²) in [5.74, 6) is -4.97. The van der Waals surface area contributed by atoms with Crippen LogP contribution in [0.25, 0.3) is 0 Å². The predicted molar refractivity (Wildman–Crippen MR) is 95.5 cm³/mol. The van der Waals surface area contributed by atoms with Crippen molar-refractivity contribution in [2.24, 2.45) is 0 Å². The number of ether oxygens (including phenoxy) is 6. The van der Waals surface area contributed by atoms with Gasteiger partial charge in [0, 0.05) is 20.8 Å². The van der Waals surface area contributed by atoms with E-state index in [9.17, 15) is 28.8 Å². The van der Waals surface area contributed by atoms with Gasteiger partial charge in [-0.2, -0.15) is 0 Å². The molecule has 0 bridgehead atoms. The highest BCUT2D eigenvalue weighted by molar-refractivity contribution is 5.79. The van der Waals surface area contributed by atoms with Crippen molar-refractivity contribution in [2.75, 3.05) is 13.2 Å². The average molecular weight is 434 g/mol. The van der Waals surface area contributed by atoms with E-state index in [4.69, 9.17) is 14.2 Å². The molecule has 0 aromatic rings. The summed E-state index contributed by atoms with van der Waals surface area (Å²) in [6, 6.07) is 0. The van der Waals surface area contributed by atoms with Crippen LogP contribution in [0.2, 0.25) is 0 Å². The van der Waals surface area contributed by atoms with Crippen molar-refractivity contribution >= 4 is 35.8 Å². The molecule has 0 aromatic heterocycles. The molecule has 0 saturated heterocycles. The highest BCUT2D eigenvalue weighted by atomic mass is 16.6. The minimum Gasteiger partial charge on any atom is -0.459 e. The van der Waals surface area contributed by atoms with E-state index in [0.29, 0.717) is 0 Å². The summed E-state index contributed by atoms with van der Waals surface area (Å²) in [5, 5.41) is 0. The van der Waals surface area contributed by atoms with Crippen molar-refractivity contribution in [3.63, 3.8) is 0 Å². The van der Waals surface area contributed by atoms with Crippen LogP contribution in [0.4, 0.5) is 0 Å². The molecule has 0 radical (unpaired) electrons. The Morgan fingerprint density at radius 2 is 0.833 bits per heavy atom. The summed E-state index contributed by atoms with van der Waals surface area (Å²) in [4.78, 5) is 68.4. The number of rotatable bonds is 11. The maximum Gasteiger partial charge on any atom is 0.347 e. The number of carbonyl (C=O) groups is 6. The molecule has 0 spiro atoms. The molecule has 0 saturated carbocycles. The third-order valence-electron chi connectivity index (χ3n) is 3.13. The molecular formula is C18H26O12. The van der Waals surface area contributed by atoms with E-state index in [1.54, 1.807) is 0 Å². The molecule has 0 amide bonds. The maximum atomic E-state index is 12.0. The standard InChI is InChI=1S/C18H26O12/c1-9(27-12(4)19)16(22)25-7-15(30-18(24)11(3)29-14(6)21)8-26-17(23)10(2)28-13(5)20/h9-11,15H,7-8H2,1-6H3. The zero-order chi connectivity index (χ0) is 23.4. The van der Waals surface area contributed by atoms with Gasteiger partial charge in [0.1, 0.15) is 13.2 Å². The fourth-order valence-corrected chi connectivity index (χ4v) is 1.85. The summed E-state index contributed by atoms with van der Waals surface area (Å²) < 4.78 is 28.9. The smallest absolute Gasteiger partial charge is 0.347 e. The molecule has 0 aromatic carbocycles. The van der Waals surface area contributed by atoms with Crippen molar-refractivity contribution in [3.05, 3.63) is 0 Å². The van der Waals surface area contributed by atoms with Crippen molar-refractivity contribution in [2.45, 2.75) is 66.0 Å². The summed E-state index contributed by atoms with van der Waals surface area (Å²) in [5.41, 5.74) is 0. The van der Waals surface area contributed by atoms with Crippen LogP contribution in [0.1, 0.15) is 41.5 Å². The molecule has 30 heavy (non-hydrogen) atoms. The highest BCUT2D eigenvalue weighted by Crippen LogP contribution is 2.06. The van der Waals surface area contributed by atoms with Gasteiger partial charge in [0.15, 0.2) is 24.4 Å². The lowest BCUT2D eigenvalue weighted by molar-refractivity contribution is -0.182. The van der Waals surface area contributed by atoms with E-state index in [0.717, 1.165) is 20.8 Å². The first kappa shape index (κ1) is 26.8. The van der Waals surface area contributed by atoms with E-state index in [2.05, 4.69) is 14.2 Å². The minimum atomic E-state index is -1.28. The van der Waals surface area contributed by atoms with E-state index in [1.165, 1.54) is 20.8 Å². The molecule has 170 valence electrons. The van der Waals surface area contributed by atoms with Crippen LogP contribution in [-0.2, 0) is 57.2 Å². The first-order valence-corrected chi connectivity index (χ1v) is 8.88. The topological polar surface area (TPSA) is 158 Å². The lowest BCUT2D eigenvalue weighted by Gasteiger charge is -2.21. The fraction of sp³-hybridized carbons (Fsp3) is 0.667. The lowest BCUT2D eigenvalue weighted by atomic mass is 10.3. The molecular weight excluding hydrogens is 408 g/mol. The van der Waals surface area contributed by atoms with Crippen LogP contribution in [0, 0.1) is 0 Å². The Balaban J connectivity index is 4.98. The summed E-state index contributed by atoms with van der Waals surface area (Å²) in [6.07, 6.45) is -4.98. The van der Waals surface area contributed by atoms with Crippen LogP contribution >= 0.6 is 0 Å². The van der Waals surface area contributed by atoms with E-state index >= 15 is 0 Å². The first-order chi connectivity index (χ1) is 13.8. The Morgan fingerprint density at radius 3 is 1.13 bits per heavy atom. The SMILES string of the molecule is CC(=O)OC(C)C(=O)OCC(COC(=O)C(C)OC(C)=O)OC(=O)C(C)OC(C)=O. The molecule has 3 atom stereocenters. The third-order valence-corrected chi connectivity index (χ3v) is 3.13. The molecule has 0 aliphatic carbocycles. The monoisotopic (exact) mass is 434 g/mol. The summed E-state index contributed by atoms with van der Waals surface area (Å²) >= 11 is 0. The Bertz CT molecular complexity index is 618. The highest BCUT2D eigenvalue weighted by Gasteiger charge is 2.27. The van der Waals surface area contributed by atoms with Crippen molar-refractivity contribution in [3.8, 4) is 0 Å². The zero-order valence-electron chi connectivity index (χ0n) is 17.6. The molecule has 0 heterocycles. The second-order valence-electron chi connectivity index (χ2n) is 6.07. The number of hydrogen-bond donors (Lipinski definition) is 0. The van der Waals surface area contributed by atoms with Crippen molar-refractivity contribution in [1.29, 1.82) is 0 Å². The Kier molecular flexibility index (Phi) is 11.7. The van der Waals surface area contributed by atoms with Gasteiger partial charge in [-0.3, -0.25) is 14.4 Å². The number of hydrogen-bond acceptors (Lipinski definition) is 12. The molecule has 0 aliphatic heterocycles. The van der Waals surface area contributed by atoms with E-state index in [1.807, 2.05) is 0 Å². The van der Waals surface area contributed by atoms with Crippen LogP contribution in [0.5, 0.6) is 0 Å². The van der Waals surface area contributed by atoms with Crippen LogP contribution in [0.3, 0.4) is 0 Å². The molecule has 0 N–H and O–H groups in total. The normalized spacial score (nSPS) is 14.2. The molecule has 0 fully saturated rings. The number of esters is 6. The molecule has 3 unspecified atom stereocenters. The first-order valence-electron chi connectivity index (χ1n) is 8.88. The summed E-state index contributed by atoms with van der Waals surface area (Å²) in [7, 11) is 0. The van der Waals surface area contributed by atoms with E-state index in [-0.39, 0.29) is 0 Å². The Labute approximate surface area is 173 Å². The average Bonchev–Trinajstić information content (AvgIpc) is 2.61. The van der Waals surface area contributed by atoms with E-state index < -0.39 is 73.4 Å². The third kappa shape index (κ3) is 11.6. The van der Waals surface area contributed by atoms with Crippen LogP contribution < -0.4 is 0 Å². The van der Waals surface area contributed by atoms with Gasteiger partial charge in [-0.05, 0) is 20.8 Å². The summed E-state index contributed by atoms with van der Waals surface area (Å²) in [6.45, 7) is 5.99. The Morgan fingerprint density at radius 1 is 0.533 bits per heavy atom. The zero-order valence-corrected chi connectivity index (χ0v) is 17.6. The fourth-order valence-electron chi connectivity index (χ4n) is 1.85. The van der Waals surface area contributed by atoms with Crippen LogP contribution in [0.15, 0.2) is 0 Å². The van der Waals surface area contributed by atoms with Crippen molar-refractivity contribution in [1.82, 2.24) is 0 Å². The van der Waals surface area contributed by atoms with Gasteiger partial charge in [-0.1, -0.05) is 0 Å². The van der Waals surface area contributed by atoms with Gasteiger partial charge >= 0.3 is 35.8 Å². The lowest BCUT2D eigenvalue weighted by Crippen LogP contribution is -2.38. The molecule has 12 heteroatoms. The molecule has 0 aliphatic rings. The second-order valence-corrected chi connectivity index (χ2v) is 6.07. The molecule has 0 rings (SSSR count). The van der Waals surface area contributed by atoms with Gasteiger partial charge in [-0.15, -0.1) is 0 Å². The maximum absolute atomic E-state index is 12.0. The quantitative estimate of drug-likeness (QED) is 0.313. The van der Waals surface area contributed by atoms with Crippen LogP contribution in [-0.4, -0.2) is 73.4 Å². The van der Waals surface area contributed by atoms with Gasteiger partial charge in [0.2, 0.25) is 0 Å². The van der Waals surface area contributed by atoms with Gasteiger partial charge in [0.05, 0.1) is 0 Å². The van der Waals surface area contributed by atoms with Crippen molar-refractivity contribution < 1.29 is 57.2 Å². The van der Waals surface area contributed by atoms with Gasteiger partial charge < -0.3 is 28.4 Å². The minimum absolute atomic E-state index is 0.557. The van der Waals surface area contributed by atoms with Gasteiger partial charge in [0.25, 0.3) is 0 Å². The Hall–Kier alpha value is -3.18. The molecule has 12 nitrogen and oxygen atoms in total.